The number of thioether (sulfide) groups is 1. The first kappa shape index (κ1) is 21.5. The molecule has 150 valence electrons. The summed E-state index contributed by atoms with van der Waals surface area (Å²) < 4.78 is 0. The predicted octanol–water partition coefficient (Wildman–Crippen LogP) is 7.82. The molecule has 1 fully saturated rings. The standard InChI is InChI=1S/C27H31NS/c1-3-4-5-6-22-9-14-25(15-10-22)26-16-11-23(12-17-26)7-8-24-13-18-27(29-20-28)21(2)19-24/h11-13,16-19,22,25H,3-6,9-10,14-15H2,1-2H3. The van der Waals surface area contributed by atoms with E-state index in [1.54, 1.807) is 0 Å². The molecule has 1 aliphatic carbocycles. The minimum Gasteiger partial charge on any atom is -0.185 e. The lowest BCUT2D eigenvalue weighted by molar-refractivity contribution is 0.303. The second-order valence-corrected chi connectivity index (χ2v) is 9.09. The Morgan fingerprint density at radius 1 is 0.931 bits per heavy atom. The van der Waals surface area contributed by atoms with Crippen LogP contribution in [-0.4, -0.2) is 0 Å². The van der Waals surface area contributed by atoms with E-state index in [2.05, 4.69) is 54.5 Å². The molecule has 3 rings (SSSR count). The molecule has 2 aromatic rings. The van der Waals surface area contributed by atoms with Crippen LogP contribution in [0.1, 0.15) is 86.5 Å². The van der Waals surface area contributed by atoms with Crippen LogP contribution in [0.15, 0.2) is 47.4 Å². The van der Waals surface area contributed by atoms with Crippen LogP contribution in [0, 0.1) is 35.3 Å². The molecule has 1 saturated carbocycles. The van der Waals surface area contributed by atoms with Gasteiger partial charge in [0.2, 0.25) is 0 Å². The predicted molar refractivity (Wildman–Crippen MR) is 124 cm³/mol. The van der Waals surface area contributed by atoms with Gasteiger partial charge in [0.25, 0.3) is 0 Å². The lowest BCUT2D eigenvalue weighted by atomic mass is 9.77. The highest BCUT2D eigenvalue weighted by Crippen LogP contribution is 2.37. The second kappa shape index (κ2) is 11.1. The van der Waals surface area contributed by atoms with Gasteiger partial charge in [-0.15, -0.1) is 0 Å². The van der Waals surface area contributed by atoms with E-state index in [0.29, 0.717) is 0 Å². The first-order valence-electron chi connectivity index (χ1n) is 11.0. The quantitative estimate of drug-likeness (QED) is 0.213. The van der Waals surface area contributed by atoms with Gasteiger partial charge in [-0.05, 0) is 97.7 Å². The average molecular weight is 402 g/mol. The number of hydrogen-bond donors (Lipinski definition) is 0. The van der Waals surface area contributed by atoms with E-state index in [1.807, 2.05) is 19.1 Å². The molecule has 0 heterocycles. The van der Waals surface area contributed by atoms with Crippen LogP contribution in [-0.2, 0) is 0 Å². The molecule has 2 heteroatoms. The zero-order chi connectivity index (χ0) is 20.5. The fourth-order valence-electron chi connectivity index (χ4n) is 4.34. The molecular formula is C27H31NS. The van der Waals surface area contributed by atoms with Crippen LogP contribution in [0.3, 0.4) is 0 Å². The van der Waals surface area contributed by atoms with Crippen molar-refractivity contribution in [2.24, 2.45) is 5.92 Å². The first-order chi connectivity index (χ1) is 14.2. The molecule has 0 spiro atoms. The lowest BCUT2D eigenvalue weighted by Crippen LogP contribution is -2.13. The molecule has 0 aromatic heterocycles. The van der Waals surface area contributed by atoms with Crippen molar-refractivity contribution in [3.63, 3.8) is 0 Å². The molecule has 29 heavy (non-hydrogen) atoms. The maximum atomic E-state index is 8.82. The molecule has 0 amide bonds. The van der Waals surface area contributed by atoms with Gasteiger partial charge >= 0.3 is 0 Å². The van der Waals surface area contributed by atoms with Crippen LogP contribution >= 0.6 is 11.8 Å². The SMILES string of the molecule is CCCCCC1CCC(c2ccc(C#Cc3ccc(SC#N)c(C)c3)cc2)CC1. The number of aryl methyl sites for hydroxylation is 1. The summed E-state index contributed by atoms with van der Waals surface area (Å²) in [5.74, 6) is 8.23. The van der Waals surface area contributed by atoms with Gasteiger partial charge in [0, 0.05) is 16.0 Å². The van der Waals surface area contributed by atoms with Gasteiger partial charge in [-0.3, -0.25) is 0 Å². The Hall–Kier alpha value is -2.16. The van der Waals surface area contributed by atoms with Gasteiger partial charge < -0.3 is 0 Å². The van der Waals surface area contributed by atoms with Gasteiger partial charge in [0.15, 0.2) is 0 Å². The molecule has 0 aliphatic heterocycles. The maximum absolute atomic E-state index is 8.82. The molecule has 0 atom stereocenters. The zero-order valence-corrected chi connectivity index (χ0v) is 18.5. The Balaban J connectivity index is 1.56. The number of unbranched alkanes of at least 4 members (excludes halogenated alkanes) is 2. The summed E-state index contributed by atoms with van der Waals surface area (Å²) in [7, 11) is 0. The van der Waals surface area contributed by atoms with E-state index in [0.717, 1.165) is 33.4 Å². The van der Waals surface area contributed by atoms with Crippen molar-refractivity contribution < 1.29 is 0 Å². The van der Waals surface area contributed by atoms with Gasteiger partial charge in [-0.25, -0.2) is 0 Å². The van der Waals surface area contributed by atoms with Crippen molar-refractivity contribution in [3.05, 3.63) is 64.7 Å². The number of nitriles is 1. The van der Waals surface area contributed by atoms with Crippen LogP contribution in [0.25, 0.3) is 0 Å². The summed E-state index contributed by atoms with van der Waals surface area (Å²) in [6, 6.07) is 14.9. The lowest BCUT2D eigenvalue weighted by Gasteiger charge is -2.29. The van der Waals surface area contributed by atoms with E-state index in [4.69, 9.17) is 5.26 Å². The van der Waals surface area contributed by atoms with Crippen LogP contribution in [0.4, 0.5) is 0 Å². The van der Waals surface area contributed by atoms with Gasteiger partial charge in [0.05, 0.1) is 0 Å². The van der Waals surface area contributed by atoms with Crippen molar-refractivity contribution in [2.45, 2.75) is 76.0 Å². The highest BCUT2D eigenvalue weighted by Gasteiger charge is 2.21. The van der Waals surface area contributed by atoms with E-state index in [-0.39, 0.29) is 0 Å². The zero-order valence-electron chi connectivity index (χ0n) is 17.7. The summed E-state index contributed by atoms with van der Waals surface area (Å²) in [5.41, 5.74) is 4.64. The number of thiocyanates is 1. The fraction of sp³-hybridized carbons (Fsp3) is 0.444. The highest BCUT2D eigenvalue weighted by atomic mass is 32.2. The maximum Gasteiger partial charge on any atom is 0.138 e. The molecule has 0 unspecified atom stereocenters. The number of nitrogens with zero attached hydrogens (tertiary/aromatic N) is 1. The summed E-state index contributed by atoms with van der Waals surface area (Å²) in [6.07, 6.45) is 11.1. The topological polar surface area (TPSA) is 23.8 Å². The molecule has 1 nitrogen and oxygen atoms in total. The van der Waals surface area contributed by atoms with Crippen molar-refractivity contribution >= 4 is 11.8 Å². The van der Waals surface area contributed by atoms with Crippen LogP contribution in [0.2, 0.25) is 0 Å². The Morgan fingerprint density at radius 3 is 2.28 bits per heavy atom. The van der Waals surface area contributed by atoms with Gasteiger partial charge in [-0.1, -0.05) is 56.6 Å². The Bertz CT molecular complexity index is 887. The van der Waals surface area contributed by atoms with Crippen molar-refractivity contribution in [1.29, 1.82) is 5.26 Å². The fourth-order valence-corrected chi connectivity index (χ4v) is 4.80. The number of benzene rings is 2. The van der Waals surface area contributed by atoms with Gasteiger partial charge in [0.1, 0.15) is 5.40 Å². The summed E-state index contributed by atoms with van der Waals surface area (Å²) >= 11 is 1.20. The first-order valence-corrected chi connectivity index (χ1v) is 11.8. The molecule has 2 aromatic carbocycles. The van der Waals surface area contributed by atoms with Crippen molar-refractivity contribution in [2.75, 3.05) is 0 Å². The number of hydrogen-bond acceptors (Lipinski definition) is 2. The number of rotatable bonds is 6. The third-order valence-corrected chi connectivity index (χ3v) is 6.90. The Kier molecular flexibility index (Phi) is 8.27. The van der Waals surface area contributed by atoms with E-state index in [1.165, 1.54) is 68.7 Å². The molecule has 0 bridgehead atoms. The van der Waals surface area contributed by atoms with E-state index >= 15 is 0 Å². The molecule has 0 radical (unpaired) electrons. The summed E-state index contributed by atoms with van der Waals surface area (Å²) in [6.45, 7) is 4.32. The highest BCUT2D eigenvalue weighted by molar-refractivity contribution is 8.03. The average Bonchev–Trinajstić information content (AvgIpc) is 2.75. The minimum atomic E-state index is 0.729. The summed E-state index contributed by atoms with van der Waals surface area (Å²) in [5, 5.41) is 11.0. The molecule has 0 N–H and O–H groups in total. The Morgan fingerprint density at radius 2 is 1.62 bits per heavy atom. The van der Waals surface area contributed by atoms with Crippen LogP contribution in [0.5, 0.6) is 0 Å². The third-order valence-electron chi connectivity index (χ3n) is 6.13. The second-order valence-electron chi connectivity index (χ2n) is 8.26. The van der Waals surface area contributed by atoms with Crippen molar-refractivity contribution in [1.82, 2.24) is 0 Å². The van der Waals surface area contributed by atoms with E-state index in [9.17, 15) is 0 Å². The molecule has 1 aliphatic rings. The summed E-state index contributed by atoms with van der Waals surface area (Å²) in [4.78, 5) is 1.00. The van der Waals surface area contributed by atoms with Crippen LogP contribution < -0.4 is 0 Å². The van der Waals surface area contributed by atoms with Gasteiger partial charge in [-0.2, -0.15) is 5.26 Å². The molecular weight excluding hydrogens is 370 g/mol. The smallest absolute Gasteiger partial charge is 0.138 e. The largest absolute Gasteiger partial charge is 0.185 e. The normalized spacial score (nSPS) is 18.5. The van der Waals surface area contributed by atoms with Crippen molar-refractivity contribution in [3.8, 4) is 17.2 Å². The monoisotopic (exact) mass is 401 g/mol. The molecule has 0 saturated heterocycles. The Labute approximate surface area is 180 Å². The van der Waals surface area contributed by atoms with E-state index < -0.39 is 0 Å². The minimum absolute atomic E-state index is 0.729. The third kappa shape index (κ3) is 6.42.